The van der Waals surface area contributed by atoms with Gasteiger partial charge in [-0.15, -0.1) is 0 Å². The average molecular weight is 772 g/mol. The third kappa shape index (κ3) is 38.5. The second-order valence-corrected chi connectivity index (χ2v) is 15.8. The van der Waals surface area contributed by atoms with Crippen molar-refractivity contribution in [1.29, 1.82) is 0 Å². The molecule has 0 aliphatic carbocycles. The van der Waals surface area contributed by atoms with E-state index in [1.54, 1.807) is 0 Å². The van der Waals surface area contributed by atoms with E-state index in [4.69, 9.17) is 4.74 Å². The summed E-state index contributed by atoms with van der Waals surface area (Å²) in [5, 5.41) is 23.6. The molecule has 6 nitrogen and oxygen atoms in total. The number of hydrogen-bond acceptors (Lipinski definition) is 5. The van der Waals surface area contributed by atoms with Gasteiger partial charge in [0.2, 0.25) is 5.91 Å². The third-order valence-corrected chi connectivity index (χ3v) is 10.4. The van der Waals surface area contributed by atoms with Gasteiger partial charge >= 0.3 is 5.97 Å². The Labute approximate surface area is 340 Å². The molecule has 0 radical (unpaired) electrons. The van der Waals surface area contributed by atoms with Gasteiger partial charge in [-0.25, -0.2) is 0 Å². The molecule has 320 valence electrons. The minimum Gasteiger partial charge on any atom is -0.462 e. The molecule has 3 unspecified atom stereocenters. The maximum Gasteiger partial charge on any atom is 0.306 e. The van der Waals surface area contributed by atoms with Crippen LogP contribution in [0.3, 0.4) is 0 Å². The molecule has 1 amide bonds. The first-order valence-corrected chi connectivity index (χ1v) is 23.4. The van der Waals surface area contributed by atoms with Gasteiger partial charge in [0.1, 0.15) is 6.10 Å². The minimum absolute atomic E-state index is 0.0592. The Kier molecular flexibility index (Phi) is 41.2. The normalized spacial score (nSPS) is 13.8. The molecule has 3 N–H and O–H groups in total. The van der Waals surface area contributed by atoms with Gasteiger partial charge in [0.15, 0.2) is 0 Å². The summed E-state index contributed by atoms with van der Waals surface area (Å²) in [4.78, 5) is 26.0. The molecule has 0 bridgehead atoms. The highest BCUT2D eigenvalue weighted by atomic mass is 16.5. The molecular weight excluding hydrogens is 683 g/mol. The number of amides is 1. The fourth-order valence-corrected chi connectivity index (χ4v) is 6.85. The standard InChI is InChI=1S/C49H89NO5/c1-4-7-10-13-16-19-22-24-25-26-28-31-34-37-40-45(55-49(54)42-39-36-33-30-27-23-20-17-14-11-8-5-2)43-48(53)50-46(44-51)47(52)41-38-35-32-29-21-18-15-12-9-6-3/h7,10,16-17,19-20,24-25,45-47,51-52H,4-6,8-9,11-15,18,21-23,26-44H2,1-3H3,(H,50,53)/b10-7+,19-16+,20-17-,25-24+. The molecule has 0 aromatic carbocycles. The number of carbonyl (C=O) groups is 2. The summed E-state index contributed by atoms with van der Waals surface area (Å²) in [6.07, 6.45) is 50.2. The Morgan fingerprint density at radius 1 is 0.545 bits per heavy atom. The zero-order valence-corrected chi connectivity index (χ0v) is 36.3. The van der Waals surface area contributed by atoms with Crippen molar-refractivity contribution in [3.05, 3.63) is 48.6 Å². The number of ether oxygens (including phenoxy) is 1. The van der Waals surface area contributed by atoms with E-state index in [2.05, 4.69) is 74.7 Å². The number of nitrogens with one attached hydrogen (secondary N) is 1. The smallest absolute Gasteiger partial charge is 0.306 e. The van der Waals surface area contributed by atoms with Crippen LogP contribution in [0.5, 0.6) is 0 Å². The van der Waals surface area contributed by atoms with E-state index >= 15 is 0 Å². The summed E-state index contributed by atoms with van der Waals surface area (Å²) in [6.45, 7) is 6.32. The van der Waals surface area contributed by atoms with Gasteiger partial charge in [-0.2, -0.15) is 0 Å². The SMILES string of the molecule is CC/C=C/C/C=C/C/C=C/CCCCCCC(CC(=O)NC(CO)C(O)CCCCCCCCCCCC)OC(=O)CCCCCCC/C=C\CCCCC. The number of aliphatic hydroxyl groups excluding tert-OH is 2. The van der Waals surface area contributed by atoms with E-state index < -0.39 is 18.2 Å². The Hall–Kier alpha value is -2.18. The number of carbonyl (C=O) groups excluding carboxylic acids is 2. The second kappa shape index (κ2) is 43.0. The van der Waals surface area contributed by atoms with E-state index in [1.165, 1.54) is 83.5 Å². The molecule has 0 aromatic rings. The fraction of sp³-hybridized carbons (Fsp3) is 0.796. The molecule has 6 heteroatoms. The van der Waals surface area contributed by atoms with Crippen LogP contribution in [0.15, 0.2) is 48.6 Å². The van der Waals surface area contributed by atoms with Crippen LogP contribution in [0, 0.1) is 0 Å². The van der Waals surface area contributed by atoms with Crippen molar-refractivity contribution in [3.8, 4) is 0 Å². The molecule has 0 saturated heterocycles. The van der Waals surface area contributed by atoms with Crippen molar-refractivity contribution >= 4 is 11.9 Å². The topological polar surface area (TPSA) is 95.9 Å². The lowest BCUT2D eigenvalue weighted by Crippen LogP contribution is -2.46. The first-order chi connectivity index (χ1) is 27.0. The van der Waals surface area contributed by atoms with E-state index in [1.807, 2.05) is 0 Å². The summed E-state index contributed by atoms with van der Waals surface area (Å²) in [5.41, 5.74) is 0. The van der Waals surface area contributed by atoms with Crippen molar-refractivity contribution < 1.29 is 24.5 Å². The van der Waals surface area contributed by atoms with Gasteiger partial charge in [-0.05, 0) is 83.5 Å². The number of allylic oxidation sites excluding steroid dienone is 8. The quantitative estimate of drug-likeness (QED) is 0.0327. The van der Waals surface area contributed by atoms with Crippen LogP contribution >= 0.6 is 0 Å². The predicted molar refractivity (Wildman–Crippen MR) is 236 cm³/mol. The second-order valence-electron chi connectivity index (χ2n) is 15.8. The van der Waals surface area contributed by atoms with Crippen LogP contribution in [0.25, 0.3) is 0 Å². The van der Waals surface area contributed by atoms with Crippen LogP contribution in [0.1, 0.15) is 226 Å². The molecule has 0 saturated carbocycles. The molecule has 0 heterocycles. The summed E-state index contributed by atoms with van der Waals surface area (Å²) >= 11 is 0. The molecule has 55 heavy (non-hydrogen) atoms. The summed E-state index contributed by atoms with van der Waals surface area (Å²) in [5.74, 6) is -0.507. The molecular formula is C49H89NO5. The monoisotopic (exact) mass is 772 g/mol. The molecule has 0 fully saturated rings. The van der Waals surface area contributed by atoms with Crippen molar-refractivity contribution in [3.63, 3.8) is 0 Å². The Morgan fingerprint density at radius 2 is 0.982 bits per heavy atom. The maximum atomic E-state index is 13.1. The number of rotatable bonds is 41. The Bertz CT molecular complexity index is 957. The van der Waals surface area contributed by atoms with E-state index in [-0.39, 0.29) is 24.9 Å². The maximum absolute atomic E-state index is 13.1. The molecule has 3 atom stereocenters. The molecule has 0 rings (SSSR count). The lowest BCUT2D eigenvalue weighted by molar-refractivity contribution is -0.151. The molecule has 0 aliphatic rings. The van der Waals surface area contributed by atoms with Gasteiger partial charge in [0, 0.05) is 6.42 Å². The van der Waals surface area contributed by atoms with Crippen molar-refractivity contribution in [1.82, 2.24) is 5.32 Å². The number of unbranched alkanes of at least 4 members (excludes halogenated alkanes) is 21. The van der Waals surface area contributed by atoms with Crippen LogP contribution in [-0.2, 0) is 14.3 Å². The number of aliphatic hydroxyl groups is 2. The predicted octanol–water partition coefficient (Wildman–Crippen LogP) is 13.5. The van der Waals surface area contributed by atoms with Gasteiger partial charge in [0.05, 0.1) is 25.2 Å². The first-order valence-electron chi connectivity index (χ1n) is 23.4. The number of esters is 1. The van der Waals surface area contributed by atoms with Crippen molar-refractivity contribution in [2.75, 3.05) is 6.61 Å². The third-order valence-electron chi connectivity index (χ3n) is 10.4. The van der Waals surface area contributed by atoms with Crippen LogP contribution in [-0.4, -0.2) is 46.9 Å². The van der Waals surface area contributed by atoms with E-state index in [0.29, 0.717) is 19.3 Å². The molecule has 0 spiro atoms. The first kappa shape index (κ1) is 52.8. The lowest BCUT2D eigenvalue weighted by Gasteiger charge is -2.24. The van der Waals surface area contributed by atoms with Crippen molar-refractivity contribution in [2.45, 2.75) is 244 Å². The summed E-state index contributed by atoms with van der Waals surface area (Å²) < 4.78 is 5.89. The van der Waals surface area contributed by atoms with Gasteiger partial charge in [-0.1, -0.05) is 179 Å². The largest absolute Gasteiger partial charge is 0.462 e. The van der Waals surface area contributed by atoms with Crippen molar-refractivity contribution in [2.24, 2.45) is 0 Å². The number of hydrogen-bond donors (Lipinski definition) is 3. The zero-order valence-electron chi connectivity index (χ0n) is 36.3. The Morgan fingerprint density at radius 3 is 1.55 bits per heavy atom. The minimum atomic E-state index is -0.793. The van der Waals surface area contributed by atoms with Crippen LogP contribution in [0.4, 0.5) is 0 Å². The highest BCUT2D eigenvalue weighted by Crippen LogP contribution is 2.17. The highest BCUT2D eigenvalue weighted by molar-refractivity contribution is 5.77. The average Bonchev–Trinajstić information content (AvgIpc) is 3.18. The Balaban J connectivity index is 4.66. The van der Waals surface area contributed by atoms with Gasteiger partial charge in [0.25, 0.3) is 0 Å². The lowest BCUT2D eigenvalue weighted by atomic mass is 10.0. The summed E-state index contributed by atoms with van der Waals surface area (Å²) in [7, 11) is 0. The highest BCUT2D eigenvalue weighted by Gasteiger charge is 2.24. The van der Waals surface area contributed by atoms with E-state index in [9.17, 15) is 19.8 Å². The molecule has 0 aromatic heterocycles. The van der Waals surface area contributed by atoms with Crippen LogP contribution < -0.4 is 5.32 Å². The van der Waals surface area contributed by atoms with E-state index in [0.717, 1.165) is 96.3 Å². The van der Waals surface area contributed by atoms with Gasteiger partial charge < -0.3 is 20.3 Å². The zero-order chi connectivity index (χ0) is 40.3. The van der Waals surface area contributed by atoms with Crippen LogP contribution in [0.2, 0.25) is 0 Å². The van der Waals surface area contributed by atoms with Gasteiger partial charge in [-0.3, -0.25) is 9.59 Å². The summed E-state index contributed by atoms with van der Waals surface area (Å²) in [6, 6.07) is -0.708. The fourth-order valence-electron chi connectivity index (χ4n) is 6.85. The molecule has 0 aliphatic heterocycles.